The summed E-state index contributed by atoms with van der Waals surface area (Å²) in [6.07, 6.45) is 1.76. The largest absolute Gasteiger partial charge is 0.484 e. The molecule has 0 saturated carbocycles. The minimum Gasteiger partial charge on any atom is -0.484 e. The van der Waals surface area contributed by atoms with Gasteiger partial charge in [0.1, 0.15) is 5.75 Å². The van der Waals surface area contributed by atoms with Crippen molar-refractivity contribution in [3.05, 3.63) is 36.5 Å². The third kappa shape index (κ3) is 3.22. The smallest absolute Gasteiger partial charge is 0.260 e. The summed E-state index contributed by atoms with van der Waals surface area (Å²) in [5.74, 6) is 0.706. The number of ether oxygens (including phenoxy) is 1. The Morgan fingerprint density at radius 3 is 2.79 bits per heavy atom. The molecule has 19 heavy (non-hydrogen) atoms. The molecule has 0 fully saturated rings. The lowest BCUT2D eigenvalue weighted by Gasteiger charge is -2.18. The van der Waals surface area contributed by atoms with Crippen molar-refractivity contribution in [3.8, 4) is 5.75 Å². The van der Waals surface area contributed by atoms with E-state index in [-0.39, 0.29) is 12.5 Å². The molecule has 0 aliphatic heterocycles. The third-order valence-electron chi connectivity index (χ3n) is 3.05. The SMILES string of the molecule is CCN(CC)C(=O)COc1ccc2ncccc2c1. The molecule has 4 heteroatoms. The van der Waals surface area contributed by atoms with Gasteiger partial charge in [-0.05, 0) is 38.1 Å². The van der Waals surface area contributed by atoms with Gasteiger partial charge in [-0.25, -0.2) is 0 Å². The number of benzene rings is 1. The first-order valence-electron chi connectivity index (χ1n) is 6.50. The van der Waals surface area contributed by atoms with E-state index in [1.807, 2.05) is 44.2 Å². The van der Waals surface area contributed by atoms with Gasteiger partial charge < -0.3 is 9.64 Å². The Bertz CT molecular complexity index is 565. The van der Waals surface area contributed by atoms with Crippen molar-refractivity contribution in [2.45, 2.75) is 13.8 Å². The van der Waals surface area contributed by atoms with Crippen LogP contribution in [0, 0.1) is 0 Å². The number of nitrogens with zero attached hydrogens (tertiary/aromatic N) is 2. The van der Waals surface area contributed by atoms with Crippen molar-refractivity contribution in [1.29, 1.82) is 0 Å². The maximum absolute atomic E-state index is 11.8. The van der Waals surface area contributed by atoms with Crippen LogP contribution in [0.1, 0.15) is 13.8 Å². The minimum atomic E-state index is 0.0104. The van der Waals surface area contributed by atoms with Gasteiger partial charge >= 0.3 is 0 Å². The van der Waals surface area contributed by atoms with Crippen molar-refractivity contribution in [2.24, 2.45) is 0 Å². The van der Waals surface area contributed by atoms with Crippen LogP contribution in [0.15, 0.2) is 36.5 Å². The highest BCUT2D eigenvalue weighted by Gasteiger charge is 2.10. The summed E-state index contributed by atoms with van der Waals surface area (Å²) in [6.45, 7) is 5.42. The first-order chi connectivity index (χ1) is 9.24. The molecule has 1 heterocycles. The topological polar surface area (TPSA) is 42.4 Å². The van der Waals surface area contributed by atoms with Crippen molar-refractivity contribution >= 4 is 16.8 Å². The van der Waals surface area contributed by atoms with Gasteiger partial charge in [-0.2, -0.15) is 0 Å². The Morgan fingerprint density at radius 1 is 1.26 bits per heavy atom. The minimum absolute atomic E-state index is 0.0104. The molecule has 1 aromatic carbocycles. The molecule has 2 rings (SSSR count). The van der Waals surface area contributed by atoms with E-state index in [9.17, 15) is 4.79 Å². The van der Waals surface area contributed by atoms with Crippen LogP contribution >= 0.6 is 0 Å². The van der Waals surface area contributed by atoms with Gasteiger partial charge in [0.2, 0.25) is 0 Å². The number of rotatable bonds is 5. The molecule has 0 aliphatic carbocycles. The number of carbonyl (C=O) groups excluding carboxylic acids is 1. The van der Waals surface area contributed by atoms with Crippen molar-refractivity contribution in [1.82, 2.24) is 9.88 Å². The summed E-state index contributed by atoms with van der Waals surface area (Å²) in [5, 5.41) is 1.01. The van der Waals surface area contributed by atoms with Crippen molar-refractivity contribution in [3.63, 3.8) is 0 Å². The van der Waals surface area contributed by atoms with Crippen LogP contribution in [0.5, 0.6) is 5.75 Å². The summed E-state index contributed by atoms with van der Waals surface area (Å²) in [7, 11) is 0. The first kappa shape index (κ1) is 13.3. The molecule has 0 radical (unpaired) electrons. The predicted molar refractivity (Wildman–Crippen MR) is 75.2 cm³/mol. The number of pyridine rings is 1. The fraction of sp³-hybridized carbons (Fsp3) is 0.333. The van der Waals surface area contributed by atoms with Crippen LogP contribution in [0.4, 0.5) is 0 Å². The van der Waals surface area contributed by atoms with E-state index in [1.165, 1.54) is 0 Å². The van der Waals surface area contributed by atoms with Crippen molar-refractivity contribution in [2.75, 3.05) is 19.7 Å². The zero-order valence-electron chi connectivity index (χ0n) is 11.3. The van der Waals surface area contributed by atoms with E-state index in [0.717, 1.165) is 10.9 Å². The van der Waals surface area contributed by atoms with Crippen LogP contribution in [-0.2, 0) is 4.79 Å². The van der Waals surface area contributed by atoms with E-state index in [1.54, 1.807) is 11.1 Å². The highest BCUT2D eigenvalue weighted by atomic mass is 16.5. The number of hydrogen-bond donors (Lipinski definition) is 0. The second kappa shape index (κ2) is 6.18. The Morgan fingerprint density at radius 2 is 2.05 bits per heavy atom. The maximum Gasteiger partial charge on any atom is 0.260 e. The van der Waals surface area contributed by atoms with Crippen molar-refractivity contribution < 1.29 is 9.53 Å². The van der Waals surface area contributed by atoms with Gasteiger partial charge in [-0.15, -0.1) is 0 Å². The molecule has 0 N–H and O–H groups in total. The lowest BCUT2D eigenvalue weighted by Crippen LogP contribution is -2.34. The van der Waals surface area contributed by atoms with Gasteiger partial charge in [-0.3, -0.25) is 9.78 Å². The lowest BCUT2D eigenvalue weighted by atomic mass is 10.2. The predicted octanol–water partition coefficient (Wildman–Crippen LogP) is 2.48. The molecule has 0 unspecified atom stereocenters. The average molecular weight is 258 g/mol. The molecule has 0 aliphatic rings. The molecule has 2 aromatic rings. The maximum atomic E-state index is 11.8. The lowest BCUT2D eigenvalue weighted by molar-refractivity contribution is -0.132. The summed E-state index contributed by atoms with van der Waals surface area (Å²) in [5.41, 5.74) is 0.921. The normalized spacial score (nSPS) is 10.4. The molecule has 4 nitrogen and oxygen atoms in total. The van der Waals surface area contributed by atoms with Crippen LogP contribution in [-0.4, -0.2) is 35.5 Å². The summed E-state index contributed by atoms with van der Waals surface area (Å²) in [6, 6.07) is 9.49. The van der Waals surface area contributed by atoms with E-state index >= 15 is 0 Å². The number of aromatic nitrogens is 1. The second-order valence-corrected chi connectivity index (χ2v) is 4.21. The first-order valence-corrected chi connectivity index (χ1v) is 6.50. The number of fused-ring (bicyclic) bond motifs is 1. The molecule has 1 aromatic heterocycles. The standard InChI is InChI=1S/C15H18N2O2/c1-3-17(4-2)15(18)11-19-13-7-8-14-12(10-13)6-5-9-16-14/h5-10H,3-4,11H2,1-2H3. The molecular formula is C15H18N2O2. The average Bonchev–Trinajstić information content (AvgIpc) is 2.46. The van der Waals surface area contributed by atoms with Crippen LogP contribution in [0.25, 0.3) is 10.9 Å². The molecule has 0 spiro atoms. The van der Waals surface area contributed by atoms with Gasteiger partial charge in [-0.1, -0.05) is 6.07 Å². The van der Waals surface area contributed by atoms with Gasteiger partial charge in [0, 0.05) is 24.7 Å². The highest BCUT2D eigenvalue weighted by molar-refractivity contribution is 5.80. The van der Waals surface area contributed by atoms with E-state index in [0.29, 0.717) is 18.8 Å². The zero-order chi connectivity index (χ0) is 13.7. The third-order valence-corrected chi connectivity index (χ3v) is 3.05. The molecule has 0 saturated heterocycles. The van der Waals surface area contributed by atoms with Gasteiger partial charge in [0.05, 0.1) is 5.52 Å². The number of hydrogen-bond acceptors (Lipinski definition) is 3. The van der Waals surface area contributed by atoms with Crippen LogP contribution < -0.4 is 4.74 Å². The van der Waals surface area contributed by atoms with Gasteiger partial charge in [0.25, 0.3) is 5.91 Å². The Kier molecular flexibility index (Phi) is 4.34. The summed E-state index contributed by atoms with van der Waals surface area (Å²) < 4.78 is 5.54. The number of carbonyl (C=O) groups is 1. The quantitative estimate of drug-likeness (QED) is 0.827. The van der Waals surface area contributed by atoms with E-state index < -0.39 is 0 Å². The molecule has 0 atom stereocenters. The highest BCUT2D eigenvalue weighted by Crippen LogP contribution is 2.18. The molecular weight excluding hydrogens is 240 g/mol. The van der Waals surface area contributed by atoms with E-state index in [2.05, 4.69) is 4.98 Å². The Balaban J connectivity index is 2.03. The Hall–Kier alpha value is -2.10. The zero-order valence-corrected chi connectivity index (χ0v) is 11.3. The summed E-state index contributed by atoms with van der Waals surface area (Å²) in [4.78, 5) is 17.8. The molecule has 100 valence electrons. The monoisotopic (exact) mass is 258 g/mol. The number of likely N-dealkylation sites (N-methyl/N-ethyl adjacent to an activating group) is 1. The molecule has 0 bridgehead atoms. The fourth-order valence-corrected chi connectivity index (χ4v) is 1.96. The van der Waals surface area contributed by atoms with Crippen LogP contribution in [0.2, 0.25) is 0 Å². The molecule has 1 amide bonds. The summed E-state index contributed by atoms with van der Waals surface area (Å²) >= 11 is 0. The Labute approximate surface area is 113 Å². The second-order valence-electron chi connectivity index (χ2n) is 4.21. The van der Waals surface area contributed by atoms with E-state index in [4.69, 9.17) is 4.74 Å². The van der Waals surface area contributed by atoms with Gasteiger partial charge in [0.15, 0.2) is 6.61 Å². The fourth-order valence-electron chi connectivity index (χ4n) is 1.96. The number of amides is 1. The van der Waals surface area contributed by atoms with Crippen LogP contribution in [0.3, 0.4) is 0 Å².